The van der Waals surface area contributed by atoms with Gasteiger partial charge in [-0.05, 0) is 48.5 Å². The van der Waals surface area contributed by atoms with E-state index in [1.807, 2.05) is 156 Å². The van der Waals surface area contributed by atoms with Gasteiger partial charge in [0, 0.05) is 0 Å². The first-order valence-corrected chi connectivity index (χ1v) is 18.1. The smallest absolute Gasteiger partial charge is 0.118 e. The maximum atomic E-state index is 8.63. The quantitative estimate of drug-likeness (QED) is 0.222. The van der Waals surface area contributed by atoms with Crippen molar-refractivity contribution in [1.29, 1.82) is 0 Å². The van der Waals surface area contributed by atoms with E-state index >= 15 is 0 Å². The lowest BCUT2D eigenvalue weighted by molar-refractivity contribution is 0.414. The molecule has 0 fully saturated rings. The Balaban J connectivity index is -0.0000000641. The Morgan fingerprint density at radius 1 is 0.333 bits per heavy atom. The molecule has 0 amide bonds. The van der Waals surface area contributed by atoms with Crippen LogP contribution in [0.4, 0.5) is 0 Å². The second-order valence-corrected chi connectivity index (χ2v) is 7.12. The van der Waals surface area contributed by atoms with E-state index in [-0.39, 0.29) is 0 Å². The lowest BCUT2D eigenvalue weighted by Crippen LogP contribution is -1.78. The summed E-state index contributed by atoms with van der Waals surface area (Å²) in [4.78, 5) is 0. The third kappa shape index (κ3) is 69.0. The van der Waals surface area contributed by atoms with Crippen molar-refractivity contribution in [3.8, 4) is 23.0 Å². The third-order valence-corrected chi connectivity index (χ3v) is 3.47. The second-order valence-electron chi connectivity index (χ2n) is 7.12. The molecule has 0 saturated carbocycles. The normalized spacial score (nSPS) is 6.88. The summed E-state index contributed by atoms with van der Waals surface area (Å²) in [5.41, 5.74) is 0. The number of phenols is 2. The molecule has 0 aliphatic carbocycles. The minimum absolute atomic E-state index is 0.322. The molecule has 4 rings (SSSR count). The Morgan fingerprint density at radius 3 is 0.562 bits per heavy atom. The predicted octanol–water partition coefficient (Wildman–Crippen LogP) is 15.2. The highest BCUT2D eigenvalue weighted by Gasteiger charge is 1.81. The number of ether oxygens (including phenoxy) is 2. The largest absolute Gasteiger partial charge is 0.508 e. The molecule has 0 spiro atoms. The average molecular weight is 673 g/mol. The molecule has 280 valence electrons. The Morgan fingerprint density at radius 2 is 0.479 bits per heavy atom. The number of benzene rings is 4. The summed E-state index contributed by atoms with van der Waals surface area (Å²) < 4.78 is 9.83. The highest BCUT2D eigenvalue weighted by Crippen LogP contribution is 2.06. The topological polar surface area (TPSA) is 58.9 Å². The van der Waals surface area contributed by atoms with E-state index in [9.17, 15) is 0 Å². The number of para-hydroxylation sites is 4. The first kappa shape index (κ1) is 62.8. The van der Waals surface area contributed by atoms with E-state index in [2.05, 4.69) is 27.7 Å². The van der Waals surface area contributed by atoms with Gasteiger partial charge in [0.05, 0.1) is 14.2 Å². The fourth-order valence-electron chi connectivity index (χ4n) is 1.97. The van der Waals surface area contributed by atoms with Crippen LogP contribution >= 0.6 is 0 Å². The van der Waals surface area contributed by atoms with Gasteiger partial charge in [-0.2, -0.15) is 0 Å². The van der Waals surface area contributed by atoms with Crippen molar-refractivity contribution in [2.75, 3.05) is 14.2 Å². The van der Waals surface area contributed by atoms with Crippen LogP contribution in [0.1, 0.15) is 124 Å². The van der Waals surface area contributed by atoms with Crippen molar-refractivity contribution in [3.05, 3.63) is 121 Å². The Kier molecular flexibility index (Phi) is 97.0. The van der Waals surface area contributed by atoms with Crippen molar-refractivity contribution in [1.82, 2.24) is 0 Å². The third-order valence-electron chi connectivity index (χ3n) is 3.47. The van der Waals surface area contributed by atoms with Gasteiger partial charge in [-0.3, -0.25) is 0 Å². The van der Waals surface area contributed by atoms with Gasteiger partial charge < -0.3 is 19.7 Å². The molecule has 0 heterocycles. The molecule has 0 radical (unpaired) electrons. The maximum absolute atomic E-state index is 8.63. The molecule has 0 aliphatic rings. The zero-order valence-corrected chi connectivity index (χ0v) is 34.7. The number of hydrogen-bond donors (Lipinski definition) is 2. The summed E-state index contributed by atoms with van der Waals surface area (Å²) in [7, 11) is 3.32. The number of phenolic OH excluding ortho intramolecular Hbond substituents is 2. The van der Waals surface area contributed by atoms with Gasteiger partial charge in [0.25, 0.3) is 0 Å². The van der Waals surface area contributed by atoms with Gasteiger partial charge >= 0.3 is 0 Å². The summed E-state index contributed by atoms with van der Waals surface area (Å²) in [6.07, 6.45) is 2.50. The minimum Gasteiger partial charge on any atom is -0.508 e. The molecule has 4 aromatic rings. The zero-order valence-electron chi connectivity index (χ0n) is 34.7. The molecular formula is C44H80O4. The van der Waals surface area contributed by atoms with Crippen LogP contribution in [0.2, 0.25) is 0 Å². The predicted molar refractivity (Wildman–Crippen MR) is 222 cm³/mol. The van der Waals surface area contributed by atoms with Crippen molar-refractivity contribution in [2.24, 2.45) is 0 Å². The first-order chi connectivity index (χ1) is 23.5. The van der Waals surface area contributed by atoms with Crippen LogP contribution in [0.5, 0.6) is 23.0 Å². The molecule has 0 saturated heterocycles. The number of methoxy groups -OCH3 is 2. The molecule has 0 bridgehead atoms. The van der Waals surface area contributed by atoms with Gasteiger partial charge in [-0.15, -0.1) is 0 Å². The van der Waals surface area contributed by atoms with E-state index in [0.29, 0.717) is 11.5 Å². The zero-order chi connectivity index (χ0) is 39.3. The van der Waals surface area contributed by atoms with Crippen molar-refractivity contribution in [3.63, 3.8) is 0 Å². The highest BCUT2D eigenvalue weighted by molar-refractivity contribution is 5.21. The molecule has 2 N–H and O–H groups in total. The van der Waals surface area contributed by atoms with Gasteiger partial charge in [0.2, 0.25) is 0 Å². The van der Waals surface area contributed by atoms with Gasteiger partial charge in [-0.1, -0.05) is 196 Å². The van der Waals surface area contributed by atoms with Crippen LogP contribution in [-0.2, 0) is 0 Å². The molecule has 48 heavy (non-hydrogen) atoms. The highest BCUT2D eigenvalue weighted by atomic mass is 16.5. The first-order valence-electron chi connectivity index (χ1n) is 18.1. The molecule has 0 aromatic heterocycles. The van der Waals surface area contributed by atoms with E-state index < -0.39 is 0 Å². The molecule has 0 atom stereocenters. The molecular weight excluding hydrogens is 592 g/mol. The van der Waals surface area contributed by atoms with Gasteiger partial charge in [0.1, 0.15) is 23.0 Å². The second kappa shape index (κ2) is 74.1. The standard InChI is InChI=1S/2C7H8O.2C6H6O.2C3H8.6C2H6/c2*1-8-7-5-3-2-4-6-7;2*7-6-4-2-1-3-5-6;2*1-3-2;6*1-2/h2*2-6H,1H3;2*1-5,7H;2*3H2,1-2H3;6*1-2H3. The van der Waals surface area contributed by atoms with Crippen LogP contribution in [0.3, 0.4) is 0 Å². The van der Waals surface area contributed by atoms with Crippen molar-refractivity contribution in [2.45, 2.75) is 124 Å². The van der Waals surface area contributed by atoms with E-state index in [1.54, 1.807) is 62.8 Å². The van der Waals surface area contributed by atoms with E-state index in [1.165, 1.54) is 12.8 Å². The maximum Gasteiger partial charge on any atom is 0.118 e. The van der Waals surface area contributed by atoms with E-state index in [0.717, 1.165) is 11.5 Å². The Hall–Kier alpha value is -3.92. The number of rotatable bonds is 2. The monoisotopic (exact) mass is 673 g/mol. The average Bonchev–Trinajstić information content (AvgIpc) is 3.19. The molecule has 4 nitrogen and oxygen atoms in total. The summed E-state index contributed by atoms with van der Waals surface area (Å²) in [6.45, 7) is 32.5. The van der Waals surface area contributed by atoms with E-state index in [4.69, 9.17) is 19.7 Å². The van der Waals surface area contributed by atoms with Gasteiger partial charge in [0.15, 0.2) is 0 Å². The van der Waals surface area contributed by atoms with Crippen LogP contribution in [0, 0.1) is 0 Å². The summed E-state index contributed by atoms with van der Waals surface area (Å²) in [6, 6.07) is 36.8. The molecule has 4 heteroatoms. The Labute approximate surface area is 301 Å². The molecule has 0 unspecified atom stereocenters. The SMILES string of the molecule is CC.CC.CC.CC.CC.CC.CCC.CCC.COc1ccccc1.COc1ccccc1.Oc1ccccc1.Oc1ccccc1. The number of hydrogen-bond acceptors (Lipinski definition) is 4. The van der Waals surface area contributed by atoms with Crippen LogP contribution in [-0.4, -0.2) is 24.4 Å². The fraction of sp³-hybridized carbons (Fsp3) is 0.455. The lowest BCUT2D eigenvalue weighted by Gasteiger charge is -1.93. The minimum atomic E-state index is 0.322. The molecule has 4 aromatic carbocycles. The van der Waals surface area contributed by atoms with Crippen LogP contribution in [0.25, 0.3) is 0 Å². The molecule has 0 aliphatic heterocycles. The summed E-state index contributed by atoms with van der Waals surface area (Å²) in [5, 5.41) is 17.3. The van der Waals surface area contributed by atoms with Crippen molar-refractivity contribution < 1.29 is 19.7 Å². The van der Waals surface area contributed by atoms with Crippen molar-refractivity contribution >= 4 is 0 Å². The summed E-state index contributed by atoms with van der Waals surface area (Å²) >= 11 is 0. The van der Waals surface area contributed by atoms with Crippen LogP contribution < -0.4 is 9.47 Å². The van der Waals surface area contributed by atoms with Crippen LogP contribution in [0.15, 0.2) is 121 Å². The van der Waals surface area contributed by atoms with Gasteiger partial charge in [-0.25, -0.2) is 0 Å². The lowest BCUT2D eigenvalue weighted by atomic mass is 10.3. The fourth-order valence-corrected chi connectivity index (χ4v) is 1.97. The Bertz CT molecular complexity index is 822. The summed E-state index contributed by atoms with van der Waals surface area (Å²) in [5.74, 6) is 2.46. The number of aromatic hydroxyl groups is 2.